The Morgan fingerprint density at radius 1 is 0.935 bits per heavy atom. The molecule has 1 saturated heterocycles. The van der Waals surface area contributed by atoms with Gasteiger partial charge in [0.15, 0.2) is 0 Å². The maximum atomic E-state index is 12.3. The fourth-order valence-electron chi connectivity index (χ4n) is 5.62. The molecule has 5 aromatic rings. The van der Waals surface area contributed by atoms with E-state index < -0.39 is 0 Å². The molecule has 0 bridgehead atoms. The minimum absolute atomic E-state index is 0.283. The first-order valence-corrected chi connectivity index (χ1v) is 15.9. The monoisotopic (exact) mass is 620 g/mol. The first-order chi connectivity index (χ1) is 22.6. The average Bonchev–Trinajstić information content (AvgIpc) is 3.54. The molecule has 3 heterocycles. The fraction of sp³-hybridized carbons (Fsp3) is 0.306. The molecule has 0 atom stereocenters. The van der Waals surface area contributed by atoms with Crippen LogP contribution in [-0.2, 0) is 6.42 Å². The third-order valence-electron chi connectivity index (χ3n) is 8.27. The SMILES string of the molecule is O=C(Nc1ccccc1)Nc1ccc(CCNc2ncnc3oc(-c4ccc(OCCCN5CCC(CO)CC5)cc4)cc23)cc1. The van der Waals surface area contributed by atoms with Crippen LogP contribution in [0.3, 0.4) is 0 Å². The smallest absolute Gasteiger partial charge is 0.323 e. The number of carbonyl (C=O) groups is 1. The third kappa shape index (κ3) is 8.41. The number of hydrogen-bond acceptors (Lipinski definition) is 8. The Labute approximate surface area is 268 Å². The molecule has 0 unspecified atom stereocenters. The number of aromatic nitrogens is 2. The number of ether oxygens (including phenoxy) is 1. The predicted octanol–water partition coefficient (Wildman–Crippen LogP) is 6.66. The van der Waals surface area contributed by atoms with Crippen LogP contribution in [0, 0.1) is 5.92 Å². The number of urea groups is 1. The molecule has 3 aromatic carbocycles. The zero-order valence-corrected chi connectivity index (χ0v) is 25.8. The maximum absolute atomic E-state index is 12.3. The van der Waals surface area contributed by atoms with Gasteiger partial charge < -0.3 is 35.1 Å². The Morgan fingerprint density at radius 2 is 1.67 bits per heavy atom. The van der Waals surface area contributed by atoms with Crippen molar-refractivity contribution >= 4 is 34.3 Å². The molecule has 4 N–H and O–H groups in total. The second kappa shape index (κ2) is 15.4. The Kier molecular flexibility index (Phi) is 10.4. The minimum Gasteiger partial charge on any atom is -0.494 e. The normalized spacial score (nSPS) is 13.8. The van der Waals surface area contributed by atoms with Crippen LogP contribution in [0.4, 0.5) is 22.0 Å². The van der Waals surface area contributed by atoms with E-state index in [1.165, 1.54) is 6.33 Å². The van der Waals surface area contributed by atoms with Gasteiger partial charge in [0, 0.05) is 36.6 Å². The molecule has 2 aromatic heterocycles. The number of likely N-dealkylation sites (tertiary alicyclic amines) is 1. The number of nitrogens with one attached hydrogen (secondary N) is 3. The molecule has 10 nitrogen and oxygen atoms in total. The molecule has 0 aliphatic carbocycles. The Morgan fingerprint density at radius 3 is 2.41 bits per heavy atom. The Balaban J connectivity index is 0.966. The first kappa shape index (κ1) is 31.1. The van der Waals surface area contributed by atoms with Crippen LogP contribution in [0.2, 0.25) is 0 Å². The van der Waals surface area contributed by atoms with Gasteiger partial charge >= 0.3 is 6.03 Å². The summed E-state index contributed by atoms with van der Waals surface area (Å²) in [4.78, 5) is 23.5. The van der Waals surface area contributed by atoms with Gasteiger partial charge in [-0.15, -0.1) is 0 Å². The summed E-state index contributed by atoms with van der Waals surface area (Å²) in [5, 5.41) is 19.2. The van der Waals surface area contributed by atoms with Gasteiger partial charge in [-0.05, 0) is 105 Å². The van der Waals surface area contributed by atoms with Gasteiger partial charge in [0.05, 0.1) is 12.0 Å². The number of amides is 2. The van der Waals surface area contributed by atoms with Gasteiger partial charge in [-0.25, -0.2) is 14.8 Å². The summed E-state index contributed by atoms with van der Waals surface area (Å²) >= 11 is 0. The van der Waals surface area contributed by atoms with Crippen LogP contribution in [0.1, 0.15) is 24.8 Å². The van der Waals surface area contributed by atoms with E-state index in [0.29, 0.717) is 31.4 Å². The van der Waals surface area contributed by atoms with E-state index >= 15 is 0 Å². The summed E-state index contributed by atoms with van der Waals surface area (Å²) < 4.78 is 12.1. The molecule has 2 amide bonds. The lowest BCUT2D eigenvalue weighted by atomic mass is 9.98. The Hall–Kier alpha value is -4.93. The van der Waals surface area contributed by atoms with Crippen molar-refractivity contribution in [1.29, 1.82) is 0 Å². The minimum atomic E-state index is -0.283. The van der Waals surface area contributed by atoms with E-state index in [4.69, 9.17) is 9.15 Å². The number of nitrogens with zero attached hydrogens (tertiary/aromatic N) is 3. The van der Waals surface area contributed by atoms with E-state index in [1.54, 1.807) is 0 Å². The Bertz CT molecular complexity index is 1680. The van der Waals surface area contributed by atoms with Crippen LogP contribution < -0.4 is 20.7 Å². The zero-order valence-electron chi connectivity index (χ0n) is 25.8. The van der Waals surface area contributed by atoms with Crippen molar-refractivity contribution in [2.24, 2.45) is 5.92 Å². The summed E-state index contributed by atoms with van der Waals surface area (Å²) in [6.07, 6.45) is 5.41. The lowest BCUT2D eigenvalue weighted by Crippen LogP contribution is -2.35. The molecule has 0 saturated carbocycles. The lowest BCUT2D eigenvalue weighted by Gasteiger charge is -2.30. The second-order valence-corrected chi connectivity index (χ2v) is 11.6. The van der Waals surface area contributed by atoms with Gasteiger partial charge in [-0.2, -0.15) is 0 Å². The van der Waals surface area contributed by atoms with Crippen molar-refractivity contribution in [3.63, 3.8) is 0 Å². The van der Waals surface area contributed by atoms with Crippen LogP contribution in [0.25, 0.3) is 22.4 Å². The van der Waals surface area contributed by atoms with Gasteiger partial charge in [0.2, 0.25) is 5.71 Å². The topological polar surface area (TPSA) is 125 Å². The summed E-state index contributed by atoms with van der Waals surface area (Å²) in [5.74, 6) is 2.74. The largest absolute Gasteiger partial charge is 0.494 e. The van der Waals surface area contributed by atoms with E-state index in [2.05, 4.69) is 30.8 Å². The van der Waals surface area contributed by atoms with Crippen molar-refractivity contribution in [3.8, 4) is 17.1 Å². The number of benzene rings is 3. The van der Waals surface area contributed by atoms with Gasteiger partial charge in [0.1, 0.15) is 23.7 Å². The quantitative estimate of drug-likeness (QED) is 0.108. The maximum Gasteiger partial charge on any atom is 0.323 e. The van der Waals surface area contributed by atoms with E-state index in [-0.39, 0.29) is 6.03 Å². The van der Waals surface area contributed by atoms with Crippen molar-refractivity contribution in [3.05, 3.63) is 96.8 Å². The highest BCUT2D eigenvalue weighted by molar-refractivity contribution is 5.99. The van der Waals surface area contributed by atoms with Gasteiger partial charge in [-0.3, -0.25) is 0 Å². The van der Waals surface area contributed by atoms with Crippen molar-refractivity contribution in [2.75, 3.05) is 55.3 Å². The summed E-state index contributed by atoms with van der Waals surface area (Å²) in [6.45, 7) is 4.78. The highest BCUT2D eigenvalue weighted by atomic mass is 16.5. The molecule has 0 radical (unpaired) electrons. The molecular formula is C36H40N6O4. The molecule has 10 heteroatoms. The molecule has 1 fully saturated rings. The molecule has 1 aliphatic rings. The predicted molar refractivity (Wildman–Crippen MR) is 181 cm³/mol. The number of furan rings is 1. The van der Waals surface area contributed by atoms with Crippen LogP contribution in [-0.4, -0.2) is 65.4 Å². The van der Waals surface area contributed by atoms with E-state index in [0.717, 1.165) is 90.5 Å². The van der Waals surface area contributed by atoms with Crippen molar-refractivity contribution < 1.29 is 19.1 Å². The second-order valence-electron chi connectivity index (χ2n) is 11.6. The lowest BCUT2D eigenvalue weighted by molar-refractivity contribution is 0.126. The van der Waals surface area contributed by atoms with Crippen LogP contribution in [0.5, 0.6) is 5.75 Å². The number of carbonyl (C=O) groups excluding carboxylic acids is 1. The number of rotatable bonds is 13. The molecule has 1 aliphatic heterocycles. The molecule has 0 spiro atoms. The number of hydrogen-bond donors (Lipinski definition) is 4. The highest BCUT2D eigenvalue weighted by Crippen LogP contribution is 2.31. The third-order valence-corrected chi connectivity index (χ3v) is 8.27. The molecule has 46 heavy (non-hydrogen) atoms. The number of piperidine rings is 1. The van der Waals surface area contributed by atoms with Crippen LogP contribution in [0.15, 0.2) is 95.7 Å². The highest BCUT2D eigenvalue weighted by Gasteiger charge is 2.18. The molecule has 6 rings (SSSR count). The zero-order chi connectivity index (χ0) is 31.6. The first-order valence-electron chi connectivity index (χ1n) is 15.9. The van der Waals surface area contributed by atoms with Gasteiger partial charge in [0.25, 0.3) is 0 Å². The number of aliphatic hydroxyl groups excluding tert-OH is 1. The van der Waals surface area contributed by atoms with Crippen molar-refractivity contribution in [2.45, 2.75) is 25.7 Å². The summed E-state index contributed by atoms with van der Waals surface area (Å²) in [5.41, 5.74) is 4.06. The van der Waals surface area contributed by atoms with Gasteiger partial charge in [-0.1, -0.05) is 30.3 Å². The fourth-order valence-corrected chi connectivity index (χ4v) is 5.62. The number of fused-ring (bicyclic) bond motifs is 1. The van der Waals surface area contributed by atoms with Crippen molar-refractivity contribution in [1.82, 2.24) is 14.9 Å². The van der Waals surface area contributed by atoms with E-state index in [9.17, 15) is 9.90 Å². The average molecular weight is 621 g/mol. The number of para-hydroxylation sites is 1. The number of aliphatic hydroxyl groups is 1. The summed E-state index contributed by atoms with van der Waals surface area (Å²) in [7, 11) is 0. The van der Waals surface area contributed by atoms with E-state index in [1.807, 2.05) is 84.9 Å². The number of anilines is 3. The molecular weight excluding hydrogens is 580 g/mol. The molecule has 238 valence electrons. The van der Waals surface area contributed by atoms with Crippen LogP contribution >= 0.6 is 0 Å². The standard InChI is InChI=1S/C36H40N6O4/c43-24-27-16-20-42(21-17-27)19-4-22-45-31-13-9-28(10-14-31)33-23-32-34(38-25-39-35(32)46-33)37-18-15-26-7-11-30(12-8-26)41-36(44)40-29-5-2-1-3-6-29/h1-3,5-14,23,25,27,43H,4,15-22,24H2,(H,37,38,39)(H2,40,41,44). The summed E-state index contributed by atoms with van der Waals surface area (Å²) in [6, 6.07) is 26.7.